The fourth-order valence-electron chi connectivity index (χ4n) is 2.80. The molecule has 0 aliphatic carbocycles. The number of nitro benzene ring substituents is 1. The van der Waals surface area contributed by atoms with Crippen molar-refractivity contribution in [2.24, 2.45) is 0 Å². The quantitative estimate of drug-likeness (QED) is 0.511. The van der Waals surface area contributed by atoms with E-state index in [2.05, 4.69) is 5.32 Å². The number of nitrogens with one attached hydrogen (secondary N) is 1. The monoisotopic (exact) mass is 393 g/mol. The molecule has 3 rings (SSSR count). The van der Waals surface area contributed by atoms with E-state index in [4.69, 9.17) is 4.84 Å². The number of non-ortho nitro benzene ring substituents is 1. The number of anilines is 1. The van der Waals surface area contributed by atoms with Crippen molar-refractivity contribution in [2.75, 3.05) is 5.32 Å². The Kier molecular flexibility index (Phi) is 5.73. The van der Waals surface area contributed by atoms with Crippen LogP contribution in [0.5, 0.6) is 0 Å². The van der Waals surface area contributed by atoms with E-state index < -0.39 is 16.4 Å². The Morgan fingerprint density at radius 3 is 2.66 bits per heavy atom. The molecule has 0 bridgehead atoms. The molecule has 0 atom stereocenters. The topological polar surface area (TPSA) is 103 Å². The second-order valence-electron chi connectivity index (χ2n) is 6.53. The van der Waals surface area contributed by atoms with Gasteiger partial charge in [0.15, 0.2) is 0 Å². The highest BCUT2D eigenvalue weighted by Gasteiger charge is 2.14. The van der Waals surface area contributed by atoms with E-state index in [1.165, 1.54) is 36.5 Å². The van der Waals surface area contributed by atoms with Crippen molar-refractivity contribution >= 4 is 17.3 Å². The molecule has 2 aromatic carbocycles. The van der Waals surface area contributed by atoms with Crippen molar-refractivity contribution in [2.45, 2.75) is 20.5 Å². The van der Waals surface area contributed by atoms with Crippen LogP contribution in [-0.4, -0.2) is 15.6 Å². The number of amides is 1. The van der Waals surface area contributed by atoms with Crippen LogP contribution in [0, 0.1) is 24.0 Å². The van der Waals surface area contributed by atoms with Gasteiger partial charge in [0.2, 0.25) is 0 Å². The molecule has 8 nitrogen and oxygen atoms in total. The first-order valence-electron chi connectivity index (χ1n) is 8.82. The van der Waals surface area contributed by atoms with E-state index in [1.54, 1.807) is 12.1 Å². The molecule has 0 saturated heterocycles. The molecule has 0 aliphatic heterocycles. The fourth-order valence-corrected chi connectivity index (χ4v) is 2.80. The number of aryl methyl sites for hydroxylation is 2. The molecule has 0 fully saturated rings. The van der Waals surface area contributed by atoms with Gasteiger partial charge in [0, 0.05) is 24.0 Å². The summed E-state index contributed by atoms with van der Waals surface area (Å²) in [7, 11) is 0. The Bertz CT molecular complexity index is 1140. The molecule has 1 amide bonds. The zero-order valence-electron chi connectivity index (χ0n) is 15.9. The van der Waals surface area contributed by atoms with Gasteiger partial charge in [-0.05, 0) is 43.2 Å². The number of nitro groups is 1. The van der Waals surface area contributed by atoms with Gasteiger partial charge in [0.1, 0.15) is 12.2 Å². The summed E-state index contributed by atoms with van der Waals surface area (Å²) in [4.78, 5) is 41.0. The largest absolute Gasteiger partial charge is 0.406 e. The van der Waals surface area contributed by atoms with Crippen molar-refractivity contribution in [3.05, 3.63) is 104 Å². The lowest BCUT2D eigenvalue weighted by molar-refractivity contribution is -0.384. The van der Waals surface area contributed by atoms with Crippen LogP contribution in [0.25, 0.3) is 0 Å². The number of carbonyl (C=O) groups is 1. The molecule has 1 N–H and O–H groups in total. The Balaban J connectivity index is 1.77. The van der Waals surface area contributed by atoms with Crippen LogP contribution in [0.1, 0.15) is 27.0 Å². The second kappa shape index (κ2) is 8.39. The average molecular weight is 393 g/mol. The lowest BCUT2D eigenvalue weighted by Gasteiger charge is -2.11. The minimum atomic E-state index is -0.625. The molecular weight excluding hydrogens is 374 g/mol. The van der Waals surface area contributed by atoms with E-state index >= 15 is 0 Å². The highest BCUT2D eigenvalue weighted by Crippen LogP contribution is 2.17. The number of hydrogen-bond acceptors (Lipinski definition) is 5. The predicted octanol–water partition coefficient (Wildman–Crippen LogP) is 3.25. The number of carbonyl (C=O) groups excluding carboxylic acids is 1. The number of aromatic nitrogens is 1. The van der Waals surface area contributed by atoms with Crippen molar-refractivity contribution < 1.29 is 14.6 Å². The Hall–Kier alpha value is -3.94. The third kappa shape index (κ3) is 4.67. The zero-order chi connectivity index (χ0) is 21.0. The minimum Gasteiger partial charge on any atom is -0.406 e. The van der Waals surface area contributed by atoms with Crippen LogP contribution in [0.2, 0.25) is 0 Å². The lowest BCUT2D eigenvalue weighted by atomic mass is 10.1. The summed E-state index contributed by atoms with van der Waals surface area (Å²) >= 11 is 0. The Morgan fingerprint density at radius 2 is 1.93 bits per heavy atom. The molecule has 148 valence electrons. The number of hydrogen-bond donors (Lipinski definition) is 1. The van der Waals surface area contributed by atoms with Crippen molar-refractivity contribution in [1.82, 2.24) is 4.73 Å². The van der Waals surface area contributed by atoms with E-state index in [0.717, 1.165) is 15.9 Å². The molecule has 0 spiro atoms. The van der Waals surface area contributed by atoms with Crippen molar-refractivity contribution in [3.8, 4) is 0 Å². The van der Waals surface area contributed by atoms with Gasteiger partial charge in [-0.2, -0.15) is 4.73 Å². The summed E-state index contributed by atoms with van der Waals surface area (Å²) in [6.07, 6.45) is 1.38. The molecule has 8 heteroatoms. The van der Waals surface area contributed by atoms with E-state index in [0.29, 0.717) is 11.3 Å². The van der Waals surface area contributed by atoms with Gasteiger partial charge in [-0.15, -0.1) is 0 Å². The normalized spacial score (nSPS) is 10.4. The van der Waals surface area contributed by atoms with Crippen LogP contribution < -0.4 is 15.7 Å². The number of rotatable bonds is 6. The molecule has 0 aliphatic rings. The first-order valence-corrected chi connectivity index (χ1v) is 8.82. The molecule has 29 heavy (non-hydrogen) atoms. The lowest BCUT2D eigenvalue weighted by Crippen LogP contribution is -2.32. The van der Waals surface area contributed by atoms with E-state index in [-0.39, 0.29) is 17.9 Å². The van der Waals surface area contributed by atoms with Gasteiger partial charge in [-0.1, -0.05) is 29.8 Å². The van der Waals surface area contributed by atoms with Gasteiger partial charge in [0.25, 0.3) is 17.2 Å². The van der Waals surface area contributed by atoms with Crippen molar-refractivity contribution in [3.63, 3.8) is 0 Å². The third-order valence-electron chi connectivity index (χ3n) is 4.28. The minimum absolute atomic E-state index is 0.0657. The third-order valence-corrected chi connectivity index (χ3v) is 4.28. The van der Waals surface area contributed by atoms with Gasteiger partial charge in [-0.25, -0.2) is 0 Å². The van der Waals surface area contributed by atoms with Gasteiger partial charge >= 0.3 is 0 Å². The van der Waals surface area contributed by atoms with E-state index in [1.807, 2.05) is 26.0 Å². The van der Waals surface area contributed by atoms with Gasteiger partial charge in [-0.3, -0.25) is 19.7 Å². The first-order chi connectivity index (χ1) is 13.8. The standard InChI is InChI=1S/C21H19N3O5/c1-14-8-9-19(15(2)11-14)22-20(25)18-7-4-10-23(21(18)26)29-13-16-5-3-6-17(12-16)24(27)28/h3-12H,13H2,1-2H3,(H,22,25). The Morgan fingerprint density at radius 1 is 1.14 bits per heavy atom. The fraction of sp³-hybridized carbons (Fsp3) is 0.143. The van der Waals surface area contributed by atoms with E-state index in [9.17, 15) is 19.7 Å². The maximum atomic E-state index is 12.6. The molecule has 3 aromatic rings. The number of benzene rings is 2. The van der Waals surface area contributed by atoms with Crippen LogP contribution in [0.15, 0.2) is 65.6 Å². The second-order valence-corrected chi connectivity index (χ2v) is 6.53. The van der Waals surface area contributed by atoms with Crippen LogP contribution >= 0.6 is 0 Å². The summed E-state index contributed by atoms with van der Waals surface area (Å²) in [5.41, 5.74) is 2.32. The zero-order valence-corrected chi connectivity index (χ0v) is 15.9. The van der Waals surface area contributed by atoms with Gasteiger partial charge < -0.3 is 10.2 Å². The highest BCUT2D eigenvalue weighted by atomic mass is 16.7. The molecule has 1 heterocycles. The summed E-state index contributed by atoms with van der Waals surface area (Å²) < 4.78 is 0.940. The number of pyridine rings is 1. The molecular formula is C21H19N3O5. The molecule has 0 saturated carbocycles. The van der Waals surface area contributed by atoms with Crippen LogP contribution in [-0.2, 0) is 6.61 Å². The SMILES string of the molecule is Cc1ccc(NC(=O)c2cccn(OCc3cccc([N+](=O)[O-])c3)c2=O)c(C)c1. The predicted molar refractivity (Wildman–Crippen MR) is 108 cm³/mol. The molecule has 0 radical (unpaired) electrons. The van der Waals surface area contributed by atoms with Gasteiger partial charge in [0.05, 0.1) is 4.92 Å². The van der Waals surface area contributed by atoms with Crippen LogP contribution in [0.3, 0.4) is 0 Å². The first kappa shape index (κ1) is 19.8. The number of nitrogens with zero attached hydrogens (tertiary/aromatic N) is 2. The van der Waals surface area contributed by atoms with Crippen molar-refractivity contribution in [1.29, 1.82) is 0 Å². The Labute approximate surface area is 166 Å². The summed E-state index contributed by atoms with van der Waals surface area (Å²) in [5, 5.41) is 13.6. The molecule has 0 unspecified atom stereocenters. The summed E-state index contributed by atoms with van der Waals surface area (Å²) in [5.74, 6) is -0.546. The smallest absolute Gasteiger partial charge is 0.295 e. The van der Waals surface area contributed by atoms with Crippen LogP contribution in [0.4, 0.5) is 11.4 Å². The maximum Gasteiger partial charge on any atom is 0.295 e. The highest BCUT2D eigenvalue weighted by molar-refractivity contribution is 6.04. The molecule has 1 aromatic heterocycles. The average Bonchev–Trinajstić information content (AvgIpc) is 2.69. The summed E-state index contributed by atoms with van der Waals surface area (Å²) in [6.45, 7) is 3.75. The summed E-state index contributed by atoms with van der Waals surface area (Å²) in [6, 6.07) is 14.4. The maximum absolute atomic E-state index is 12.6.